The zero-order valence-corrected chi connectivity index (χ0v) is 31.1. The zero-order chi connectivity index (χ0) is 34.9. The number of aromatic nitrogens is 3. The molecule has 1 saturated heterocycles. The van der Waals surface area contributed by atoms with Gasteiger partial charge in [-0.2, -0.15) is 0 Å². The Morgan fingerprint density at radius 1 is 1.02 bits per heavy atom. The number of ether oxygens (including phenoxy) is 1. The topological polar surface area (TPSA) is 83.8 Å². The first kappa shape index (κ1) is 36.1. The summed E-state index contributed by atoms with van der Waals surface area (Å²) in [5.41, 5.74) is 5.51. The summed E-state index contributed by atoms with van der Waals surface area (Å²) in [6.07, 6.45) is 13.4. The Morgan fingerprint density at radius 3 is 2.66 bits per heavy atom. The van der Waals surface area contributed by atoms with Gasteiger partial charge in [0.25, 0.3) is 0 Å². The summed E-state index contributed by atoms with van der Waals surface area (Å²) < 4.78 is 8.79. The number of fused-ring (bicyclic) bond motifs is 2. The predicted molar refractivity (Wildman–Crippen MR) is 199 cm³/mol. The van der Waals surface area contributed by atoms with Crippen LogP contribution < -0.4 is 0 Å². The van der Waals surface area contributed by atoms with Crippen molar-refractivity contribution in [3.63, 3.8) is 0 Å². The summed E-state index contributed by atoms with van der Waals surface area (Å²) >= 11 is 10.1. The second-order valence-electron chi connectivity index (χ2n) is 13.2. The van der Waals surface area contributed by atoms with Crippen molar-refractivity contribution in [3.8, 4) is 0 Å². The molecule has 2 aliphatic rings. The van der Waals surface area contributed by atoms with Crippen molar-refractivity contribution in [1.29, 1.82) is 0 Å². The van der Waals surface area contributed by atoms with Crippen molar-refractivity contribution >= 4 is 39.5 Å². The first-order valence-corrected chi connectivity index (χ1v) is 19.0. The lowest BCUT2D eigenvalue weighted by atomic mass is 9.95. The number of imidazole rings is 1. The lowest BCUT2D eigenvalue weighted by Crippen LogP contribution is -2.61. The van der Waals surface area contributed by atoms with Gasteiger partial charge in [-0.05, 0) is 82.1 Å². The van der Waals surface area contributed by atoms with Crippen LogP contribution in [0.2, 0.25) is 5.02 Å². The standard InChI is InChI=1S/C39H46BrClN6O3/c1-2-3-4-8-22-50-39(49)47-21-20-45(37-34-15-14-33(41)24-30(34)12-13-31-23-32(40)25-43-36(31)37)27-35(47)38(48)46(26-29-10-6-5-7-11-29)18-9-17-44-19-16-42-28-44/h5-7,10-11,14-16,19,23-25,28,35,37H,2-4,8-9,12-13,17-18,20-22,26-27H2,1H3/t35-,37+/m1/s1. The van der Waals surface area contributed by atoms with Gasteiger partial charge in [-0.15, -0.1) is 0 Å². The summed E-state index contributed by atoms with van der Waals surface area (Å²) in [4.78, 5) is 43.7. The second-order valence-corrected chi connectivity index (χ2v) is 14.6. The number of rotatable bonds is 13. The van der Waals surface area contributed by atoms with Crippen LogP contribution in [0.5, 0.6) is 0 Å². The Hall–Kier alpha value is -3.73. The van der Waals surface area contributed by atoms with Crippen LogP contribution >= 0.6 is 27.5 Å². The average molecular weight is 762 g/mol. The van der Waals surface area contributed by atoms with Gasteiger partial charge in [-0.3, -0.25) is 19.6 Å². The fourth-order valence-electron chi connectivity index (χ4n) is 7.17. The number of nitrogens with zero attached hydrogens (tertiary/aromatic N) is 6. The van der Waals surface area contributed by atoms with Crippen LogP contribution in [0, 0.1) is 0 Å². The van der Waals surface area contributed by atoms with E-state index in [1.807, 2.05) is 58.3 Å². The van der Waals surface area contributed by atoms with Gasteiger partial charge in [0, 0.05) is 67.4 Å². The summed E-state index contributed by atoms with van der Waals surface area (Å²) in [7, 11) is 0. The van der Waals surface area contributed by atoms with E-state index in [4.69, 9.17) is 21.3 Å². The van der Waals surface area contributed by atoms with Gasteiger partial charge < -0.3 is 14.2 Å². The molecule has 11 heteroatoms. The van der Waals surface area contributed by atoms with E-state index in [0.29, 0.717) is 44.4 Å². The lowest BCUT2D eigenvalue weighted by molar-refractivity contribution is -0.140. The molecule has 50 heavy (non-hydrogen) atoms. The highest BCUT2D eigenvalue weighted by Crippen LogP contribution is 2.39. The van der Waals surface area contributed by atoms with Crippen molar-refractivity contribution in [3.05, 3.63) is 117 Å². The van der Waals surface area contributed by atoms with Crippen molar-refractivity contribution in [1.82, 2.24) is 29.2 Å². The number of amides is 2. The fourth-order valence-corrected chi connectivity index (χ4v) is 7.74. The maximum Gasteiger partial charge on any atom is 0.410 e. The Balaban J connectivity index is 1.32. The molecular weight excluding hydrogens is 716 g/mol. The second kappa shape index (κ2) is 17.5. The molecule has 0 radical (unpaired) electrons. The summed E-state index contributed by atoms with van der Waals surface area (Å²) in [5, 5.41) is 0.703. The number of benzene rings is 2. The number of carbonyl (C=O) groups excluding carboxylic acids is 2. The number of pyridine rings is 1. The van der Waals surface area contributed by atoms with Gasteiger partial charge in [-0.1, -0.05) is 74.2 Å². The SMILES string of the molecule is CCCCCCOC(=O)N1CCN([C@H]2c3ccc(Cl)cc3CCc3cc(Br)cnc32)C[C@@H]1C(=O)N(CCCn1ccnc1)Cc1ccccc1. The number of aryl methyl sites for hydroxylation is 3. The molecule has 9 nitrogen and oxygen atoms in total. The van der Waals surface area contributed by atoms with Crippen molar-refractivity contribution in [2.24, 2.45) is 0 Å². The molecule has 2 aromatic carbocycles. The number of hydrogen-bond acceptors (Lipinski definition) is 6. The van der Waals surface area contributed by atoms with E-state index in [-0.39, 0.29) is 11.9 Å². The molecule has 264 valence electrons. The molecule has 1 aliphatic carbocycles. The third-order valence-corrected chi connectivity index (χ3v) is 10.4. The minimum atomic E-state index is -0.734. The van der Waals surface area contributed by atoms with E-state index in [0.717, 1.165) is 72.8 Å². The van der Waals surface area contributed by atoms with Crippen LogP contribution in [0.15, 0.2) is 84.0 Å². The molecule has 2 amide bonds. The van der Waals surface area contributed by atoms with Crippen molar-refractivity contribution in [2.45, 2.75) is 77.0 Å². The van der Waals surface area contributed by atoms with Crippen molar-refractivity contribution in [2.75, 3.05) is 32.8 Å². The normalized spacial score (nSPS) is 17.5. The van der Waals surface area contributed by atoms with E-state index >= 15 is 0 Å². The Labute approximate surface area is 308 Å². The minimum Gasteiger partial charge on any atom is -0.449 e. The van der Waals surface area contributed by atoms with E-state index < -0.39 is 12.1 Å². The van der Waals surface area contributed by atoms with Crippen LogP contribution in [0.1, 0.15) is 73.0 Å². The van der Waals surface area contributed by atoms with Crippen LogP contribution in [0.4, 0.5) is 4.79 Å². The van der Waals surface area contributed by atoms with Gasteiger partial charge in [0.1, 0.15) is 6.04 Å². The molecule has 0 saturated carbocycles. The molecule has 6 rings (SSSR count). The largest absolute Gasteiger partial charge is 0.449 e. The van der Waals surface area contributed by atoms with Gasteiger partial charge >= 0.3 is 6.09 Å². The Bertz CT molecular complexity index is 1670. The highest BCUT2D eigenvalue weighted by Gasteiger charge is 2.42. The van der Waals surface area contributed by atoms with Gasteiger partial charge in [0.15, 0.2) is 0 Å². The summed E-state index contributed by atoms with van der Waals surface area (Å²) in [6, 6.07) is 17.4. The molecule has 0 bridgehead atoms. The third kappa shape index (κ3) is 8.94. The minimum absolute atomic E-state index is 0.0824. The Morgan fingerprint density at radius 2 is 1.86 bits per heavy atom. The number of carbonyl (C=O) groups is 2. The van der Waals surface area contributed by atoms with Gasteiger partial charge in [0.05, 0.1) is 24.7 Å². The summed E-state index contributed by atoms with van der Waals surface area (Å²) in [6.45, 7) is 5.50. The number of halogens is 2. The first-order chi connectivity index (χ1) is 24.4. The first-order valence-electron chi connectivity index (χ1n) is 17.8. The fraction of sp³-hybridized carbons (Fsp3) is 0.436. The molecule has 0 unspecified atom stereocenters. The molecule has 4 aromatic rings. The van der Waals surface area contributed by atoms with Gasteiger partial charge in [-0.25, -0.2) is 9.78 Å². The molecule has 2 atom stereocenters. The quantitative estimate of drug-likeness (QED) is 0.130. The monoisotopic (exact) mass is 760 g/mol. The smallest absolute Gasteiger partial charge is 0.410 e. The van der Waals surface area contributed by atoms with E-state index in [2.05, 4.69) is 50.9 Å². The highest BCUT2D eigenvalue weighted by molar-refractivity contribution is 9.10. The molecule has 3 heterocycles. The molecule has 0 N–H and O–H groups in total. The van der Waals surface area contributed by atoms with E-state index in [1.54, 1.807) is 17.4 Å². The maximum absolute atomic E-state index is 14.9. The molecular formula is C39H46BrClN6O3. The average Bonchev–Trinajstić information content (AvgIpc) is 3.60. The lowest BCUT2D eigenvalue weighted by Gasteiger charge is -2.44. The zero-order valence-electron chi connectivity index (χ0n) is 28.7. The summed E-state index contributed by atoms with van der Waals surface area (Å²) in [5.74, 6) is -0.0824. The van der Waals surface area contributed by atoms with Crippen LogP contribution in [-0.2, 0) is 35.5 Å². The number of hydrogen-bond donors (Lipinski definition) is 0. The van der Waals surface area contributed by atoms with E-state index in [9.17, 15) is 9.59 Å². The highest BCUT2D eigenvalue weighted by atomic mass is 79.9. The maximum atomic E-state index is 14.9. The predicted octanol–water partition coefficient (Wildman–Crippen LogP) is 7.70. The van der Waals surface area contributed by atoms with Crippen LogP contribution in [0.25, 0.3) is 0 Å². The Kier molecular flexibility index (Phi) is 12.6. The third-order valence-electron chi connectivity index (χ3n) is 9.74. The van der Waals surface area contributed by atoms with Crippen molar-refractivity contribution < 1.29 is 14.3 Å². The number of piperazine rings is 1. The molecule has 0 spiro atoms. The van der Waals surface area contributed by atoms with Crippen LogP contribution in [0.3, 0.4) is 0 Å². The molecule has 2 aromatic heterocycles. The number of unbranched alkanes of at least 4 members (excludes halogenated alkanes) is 3. The molecule has 1 aliphatic heterocycles. The molecule has 1 fully saturated rings. The van der Waals surface area contributed by atoms with E-state index in [1.165, 1.54) is 11.1 Å². The van der Waals surface area contributed by atoms with Gasteiger partial charge in [0.2, 0.25) is 5.91 Å². The van der Waals surface area contributed by atoms with Crippen LogP contribution in [-0.4, -0.2) is 80.1 Å².